The number of benzene rings is 2. The molecule has 2 aromatic carbocycles. The van der Waals surface area contributed by atoms with Crippen LogP contribution in [-0.2, 0) is 0 Å². The lowest BCUT2D eigenvalue weighted by molar-refractivity contribution is 0.102. The molecule has 0 aliphatic rings. The Hall–Kier alpha value is -2.47. The van der Waals surface area contributed by atoms with Crippen molar-refractivity contribution in [2.45, 2.75) is 26.0 Å². The lowest BCUT2D eigenvalue weighted by Crippen LogP contribution is -2.06. The molecular weight excluding hydrogens is 339 g/mol. The molecule has 3 rings (SSSR count). The second-order valence-corrected chi connectivity index (χ2v) is 6.74. The van der Waals surface area contributed by atoms with Crippen LogP contribution in [0.3, 0.4) is 0 Å². The number of nitrogens with zero attached hydrogens (tertiary/aromatic N) is 2. The summed E-state index contributed by atoms with van der Waals surface area (Å²) in [7, 11) is 0. The van der Waals surface area contributed by atoms with E-state index in [-0.39, 0.29) is 28.2 Å². The van der Waals surface area contributed by atoms with Gasteiger partial charge in [0, 0.05) is 5.56 Å². The van der Waals surface area contributed by atoms with Gasteiger partial charge in [-0.2, -0.15) is 0 Å². The van der Waals surface area contributed by atoms with Crippen molar-refractivity contribution in [1.82, 2.24) is 10.2 Å². The number of hydrogen-bond donors (Lipinski definition) is 0. The Morgan fingerprint density at radius 3 is 2.56 bits per heavy atom. The highest BCUT2D eigenvalue weighted by molar-refractivity contribution is 7.99. The number of carbonyl (C=O) groups is 1. The molecule has 0 saturated heterocycles. The molecule has 0 aliphatic carbocycles. The minimum absolute atomic E-state index is 0.00348. The van der Waals surface area contributed by atoms with Crippen molar-refractivity contribution >= 4 is 17.5 Å². The van der Waals surface area contributed by atoms with Gasteiger partial charge in [-0.3, -0.25) is 4.79 Å². The number of ketones is 1. The Kier molecular flexibility index (Phi) is 4.99. The van der Waals surface area contributed by atoms with Crippen LogP contribution in [-0.4, -0.2) is 21.7 Å². The molecular formula is C19H17FN2O2S. The van der Waals surface area contributed by atoms with E-state index in [0.29, 0.717) is 5.56 Å². The van der Waals surface area contributed by atoms with Gasteiger partial charge in [0.15, 0.2) is 5.78 Å². The number of rotatable bonds is 5. The van der Waals surface area contributed by atoms with Crippen molar-refractivity contribution in [3.63, 3.8) is 0 Å². The SMILES string of the molecule is Cc1cc(C)c(C(=O)CSc2nnc(-c3ccccc3F)o2)cc1C. The van der Waals surface area contributed by atoms with Gasteiger partial charge in [0.2, 0.25) is 0 Å². The van der Waals surface area contributed by atoms with Crippen LogP contribution in [0.1, 0.15) is 27.0 Å². The molecule has 0 amide bonds. The van der Waals surface area contributed by atoms with E-state index in [2.05, 4.69) is 10.2 Å². The number of hydrogen-bond acceptors (Lipinski definition) is 5. The zero-order valence-electron chi connectivity index (χ0n) is 14.2. The van der Waals surface area contributed by atoms with Gasteiger partial charge >= 0.3 is 0 Å². The van der Waals surface area contributed by atoms with Gasteiger partial charge in [-0.1, -0.05) is 30.0 Å². The van der Waals surface area contributed by atoms with Gasteiger partial charge in [-0.15, -0.1) is 10.2 Å². The first kappa shape index (κ1) is 17.4. The maximum absolute atomic E-state index is 13.7. The summed E-state index contributed by atoms with van der Waals surface area (Å²) in [6.07, 6.45) is 0. The lowest BCUT2D eigenvalue weighted by Gasteiger charge is -2.08. The van der Waals surface area contributed by atoms with Crippen LogP contribution in [0.4, 0.5) is 4.39 Å². The smallest absolute Gasteiger partial charge is 0.277 e. The third-order valence-electron chi connectivity index (χ3n) is 3.98. The van der Waals surface area contributed by atoms with Crippen molar-refractivity contribution < 1.29 is 13.6 Å². The summed E-state index contributed by atoms with van der Waals surface area (Å²) in [6.45, 7) is 5.93. The second kappa shape index (κ2) is 7.19. The number of aryl methyl sites for hydroxylation is 3. The number of thioether (sulfide) groups is 1. The van der Waals surface area contributed by atoms with Gasteiger partial charge in [-0.05, 0) is 55.7 Å². The van der Waals surface area contributed by atoms with E-state index in [9.17, 15) is 9.18 Å². The van der Waals surface area contributed by atoms with Crippen molar-refractivity contribution in [3.05, 3.63) is 64.5 Å². The minimum Gasteiger partial charge on any atom is -0.411 e. The van der Waals surface area contributed by atoms with E-state index in [1.165, 1.54) is 6.07 Å². The second-order valence-electron chi connectivity index (χ2n) is 5.82. The van der Waals surface area contributed by atoms with Crippen molar-refractivity contribution in [3.8, 4) is 11.5 Å². The van der Waals surface area contributed by atoms with Crippen LogP contribution in [0.25, 0.3) is 11.5 Å². The van der Waals surface area contributed by atoms with Gasteiger partial charge in [0.05, 0.1) is 11.3 Å². The summed E-state index contributed by atoms with van der Waals surface area (Å²) in [5.41, 5.74) is 4.14. The number of Topliss-reactive ketones (excluding diaryl/α,β-unsaturated/α-hetero) is 1. The summed E-state index contributed by atoms with van der Waals surface area (Å²) in [5.74, 6) is -0.140. The Morgan fingerprint density at radius 2 is 1.80 bits per heavy atom. The van der Waals surface area contributed by atoms with Crippen LogP contribution in [0.5, 0.6) is 0 Å². The first-order chi connectivity index (χ1) is 12.0. The molecule has 0 bridgehead atoms. The number of carbonyl (C=O) groups excluding carboxylic acids is 1. The summed E-state index contributed by atoms with van der Waals surface area (Å²) in [5, 5.41) is 7.98. The van der Waals surface area contributed by atoms with E-state index in [4.69, 9.17) is 4.42 Å². The third kappa shape index (κ3) is 3.79. The summed E-state index contributed by atoms with van der Waals surface area (Å²) >= 11 is 1.15. The average molecular weight is 356 g/mol. The highest BCUT2D eigenvalue weighted by Gasteiger charge is 2.16. The predicted molar refractivity (Wildman–Crippen MR) is 95.4 cm³/mol. The van der Waals surface area contributed by atoms with Crippen LogP contribution in [0, 0.1) is 26.6 Å². The molecule has 6 heteroatoms. The number of aromatic nitrogens is 2. The molecule has 0 fully saturated rings. The van der Waals surface area contributed by atoms with Crippen molar-refractivity contribution in [1.29, 1.82) is 0 Å². The van der Waals surface area contributed by atoms with E-state index < -0.39 is 5.82 Å². The highest BCUT2D eigenvalue weighted by atomic mass is 32.2. The molecule has 3 aromatic rings. The van der Waals surface area contributed by atoms with E-state index >= 15 is 0 Å². The highest BCUT2D eigenvalue weighted by Crippen LogP contribution is 2.26. The molecule has 0 atom stereocenters. The van der Waals surface area contributed by atoms with Gasteiger partial charge < -0.3 is 4.42 Å². The van der Waals surface area contributed by atoms with E-state index in [1.807, 2.05) is 32.9 Å². The van der Waals surface area contributed by atoms with E-state index in [1.54, 1.807) is 18.2 Å². The third-order valence-corrected chi connectivity index (χ3v) is 4.80. The van der Waals surface area contributed by atoms with Crippen LogP contribution in [0.2, 0.25) is 0 Å². The Labute approximate surface area is 149 Å². The molecule has 0 N–H and O–H groups in total. The van der Waals surface area contributed by atoms with Crippen molar-refractivity contribution in [2.75, 3.05) is 5.75 Å². The fourth-order valence-corrected chi connectivity index (χ4v) is 3.12. The topological polar surface area (TPSA) is 56.0 Å². The maximum Gasteiger partial charge on any atom is 0.277 e. The lowest BCUT2D eigenvalue weighted by atomic mass is 9.99. The summed E-state index contributed by atoms with van der Waals surface area (Å²) < 4.78 is 19.2. The van der Waals surface area contributed by atoms with Crippen LogP contribution >= 0.6 is 11.8 Å². The Bertz CT molecular complexity index is 937. The maximum atomic E-state index is 13.7. The fourth-order valence-electron chi connectivity index (χ4n) is 2.48. The van der Waals surface area contributed by atoms with E-state index in [0.717, 1.165) is 28.5 Å². The molecule has 0 radical (unpaired) electrons. The normalized spacial score (nSPS) is 10.9. The molecule has 128 valence electrons. The monoisotopic (exact) mass is 356 g/mol. The van der Waals surface area contributed by atoms with Crippen molar-refractivity contribution in [2.24, 2.45) is 0 Å². The first-order valence-corrected chi connectivity index (χ1v) is 8.76. The molecule has 0 spiro atoms. The first-order valence-electron chi connectivity index (χ1n) is 7.78. The minimum atomic E-state index is -0.426. The quantitative estimate of drug-likeness (QED) is 0.486. The average Bonchev–Trinajstić information content (AvgIpc) is 3.05. The zero-order valence-corrected chi connectivity index (χ0v) is 15.0. The molecule has 4 nitrogen and oxygen atoms in total. The molecule has 1 heterocycles. The predicted octanol–water partition coefficient (Wildman–Crippen LogP) is 4.78. The van der Waals surface area contributed by atoms with Gasteiger partial charge in [0.25, 0.3) is 11.1 Å². The number of halogens is 1. The standard InChI is InChI=1S/C19H17FN2O2S/c1-11-8-13(3)15(9-12(11)2)17(23)10-25-19-22-21-18(24-19)14-6-4-5-7-16(14)20/h4-9H,10H2,1-3H3. The molecule has 0 saturated carbocycles. The molecule has 1 aromatic heterocycles. The Balaban J connectivity index is 1.72. The summed E-state index contributed by atoms with van der Waals surface area (Å²) in [6, 6.07) is 10.1. The molecule has 25 heavy (non-hydrogen) atoms. The largest absolute Gasteiger partial charge is 0.411 e. The van der Waals surface area contributed by atoms with Gasteiger partial charge in [0.1, 0.15) is 5.82 Å². The molecule has 0 unspecified atom stereocenters. The van der Waals surface area contributed by atoms with Crippen LogP contribution < -0.4 is 0 Å². The summed E-state index contributed by atoms with van der Waals surface area (Å²) in [4.78, 5) is 12.5. The van der Waals surface area contributed by atoms with Gasteiger partial charge in [-0.25, -0.2) is 4.39 Å². The Morgan fingerprint density at radius 1 is 1.08 bits per heavy atom. The van der Waals surface area contributed by atoms with Crippen LogP contribution in [0.15, 0.2) is 46.0 Å². The fraction of sp³-hybridized carbons (Fsp3) is 0.211. The molecule has 0 aliphatic heterocycles. The zero-order chi connectivity index (χ0) is 18.0.